The van der Waals surface area contributed by atoms with Crippen LogP contribution >= 0.6 is 0 Å². The van der Waals surface area contributed by atoms with Crippen molar-refractivity contribution in [1.82, 2.24) is 4.90 Å². The van der Waals surface area contributed by atoms with E-state index in [0.29, 0.717) is 18.7 Å². The molecule has 4 heteroatoms. The van der Waals surface area contributed by atoms with E-state index in [1.807, 2.05) is 24.1 Å². The van der Waals surface area contributed by atoms with Gasteiger partial charge >= 0.3 is 0 Å². The van der Waals surface area contributed by atoms with Gasteiger partial charge in [-0.1, -0.05) is 0 Å². The lowest BCUT2D eigenvalue weighted by atomic mass is 9.75. The first-order chi connectivity index (χ1) is 7.97. The summed E-state index contributed by atoms with van der Waals surface area (Å²) in [7, 11) is 1.89. The van der Waals surface area contributed by atoms with Crippen molar-refractivity contribution in [2.24, 2.45) is 0 Å². The van der Waals surface area contributed by atoms with Crippen molar-refractivity contribution in [3.63, 3.8) is 0 Å². The van der Waals surface area contributed by atoms with Gasteiger partial charge in [0.2, 0.25) is 0 Å². The van der Waals surface area contributed by atoms with Crippen LogP contribution in [0.4, 0.5) is 14.5 Å². The van der Waals surface area contributed by atoms with Crippen LogP contribution in [0.3, 0.4) is 0 Å². The summed E-state index contributed by atoms with van der Waals surface area (Å²) in [6.45, 7) is 1.16. The maximum Gasteiger partial charge on any atom is 0.256 e. The molecule has 2 N–H and O–H groups in total. The van der Waals surface area contributed by atoms with Crippen LogP contribution in [0.1, 0.15) is 29.0 Å². The molecule has 0 saturated heterocycles. The highest BCUT2D eigenvalue weighted by atomic mass is 19.3. The Kier molecular flexibility index (Phi) is 2.20. The number of rotatable bonds is 0. The van der Waals surface area contributed by atoms with Gasteiger partial charge in [-0.05, 0) is 42.3 Å². The van der Waals surface area contributed by atoms with E-state index >= 15 is 0 Å². The topological polar surface area (TPSA) is 29.3 Å². The van der Waals surface area contributed by atoms with Crippen molar-refractivity contribution in [2.75, 3.05) is 19.3 Å². The number of likely N-dealkylation sites (N-methyl/N-ethyl adjacent to an activating group) is 1. The highest BCUT2D eigenvalue weighted by Crippen LogP contribution is 2.47. The molecule has 0 fully saturated rings. The van der Waals surface area contributed by atoms with Crippen LogP contribution in [-0.4, -0.2) is 24.4 Å². The first-order valence-corrected chi connectivity index (χ1v) is 5.95. The lowest BCUT2D eigenvalue weighted by Crippen LogP contribution is -2.43. The minimum atomic E-state index is -2.58. The number of nitrogens with two attached hydrogens (primary N) is 1. The van der Waals surface area contributed by atoms with Gasteiger partial charge in [0.25, 0.3) is 5.92 Å². The molecule has 2 nitrogen and oxygen atoms in total. The summed E-state index contributed by atoms with van der Waals surface area (Å²) in [5.74, 6) is -3.23. The Morgan fingerprint density at radius 3 is 2.82 bits per heavy atom. The van der Waals surface area contributed by atoms with Crippen molar-refractivity contribution in [3.05, 3.63) is 28.8 Å². The monoisotopic (exact) mass is 238 g/mol. The minimum Gasteiger partial charge on any atom is -0.399 e. The van der Waals surface area contributed by atoms with E-state index in [-0.39, 0.29) is 6.42 Å². The fourth-order valence-electron chi connectivity index (χ4n) is 3.17. The molecule has 1 aromatic rings. The zero-order chi connectivity index (χ0) is 12.2. The van der Waals surface area contributed by atoms with E-state index in [2.05, 4.69) is 0 Å². The van der Waals surface area contributed by atoms with Crippen LogP contribution in [-0.2, 0) is 13.0 Å². The number of anilines is 1. The highest BCUT2D eigenvalue weighted by molar-refractivity contribution is 5.53. The molecule has 0 amide bonds. The molecule has 92 valence electrons. The third-order valence-corrected chi connectivity index (χ3v) is 3.89. The first kappa shape index (κ1) is 11.0. The summed E-state index contributed by atoms with van der Waals surface area (Å²) < 4.78 is 28.0. The molecule has 1 aliphatic carbocycles. The molecule has 1 atom stereocenters. The average molecular weight is 238 g/mol. The predicted octanol–water partition coefficient (Wildman–Crippen LogP) is 2.38. The number of hydrogen-bond donors (Lipinski definition) is 1. The molecular weight excluding hydrogens is 222 g/mol. The summed E-state index contributed by atoms with van der Waals surface area (Å²) in [6.07, 6.45) is 0.391. The molecule has 3 rings (SSSR count). The Balaban J connectivity index is 2.19. The molecule has 0 bridgehead atoms. The molecule has 2 aliphatic rings. The van der Waals surface area contributed by atoms with E-state index < -0.39 is 11.8 Å². The van der Waals surface area contributed by atoms with Crippen LogP contribution in [0.15, 0.2) is 12.1 Å². The molecule has 1 aromatic carbocycles. The molecule has 0 spiro atoms. The van der Waals surface area contributed by atoms with Crippen LogP contribution in [0.2, 0.25) is 0 Å². The SMILES string of the molecule is CN1Cc2cc(N)cc3c2[C@H](C1)C(F)(F)CC3. The Bertz CT molecular complexity index is 471. The summed E-state index contributed by atoms with van der Waals surface area (Å²) in [6, 6.07) is 3.72. The fraction of sp³-hybridized carbons (Fsp3) is 0.538. The molecule has 0 radical (unpaired) electrons. The molecule has 1 aliphatic heterocycles. The summed E-state index contributed by atoms with van der Waals surface area (Å²) >= 11 is 0. The maximum absolute atomic E-state index is 14.0. The van der Waals surface area contributed by atoms with Crippen LogP contribution in [0, 0.1) is 0 Å². The van der Waals surface area contributed by atoms with Crippen LogP contribution in [0.5, 0.6) is 0 Å². The molecule has 1 heterocycles. The fourth-order valence-corrected chi connectivity index (χ4v) is 3.17. The maximum atomic E-state index is 14.0. The van der Waals surface area contributed by atoms with Crippen LogP contribution < -0.4 is 5.73 Å². The Hall–Kier alpha value is -1.16. The van der Waals surface area contributed by atoms with Gasteiger partial charge in [0.15, 0.2) is 0 Å². The van der Waals surface area contributed by atoms with Gasteiger partial charge in [-0.15, -0.1) is 0 Å². The van der Waals surface area contributed by atoms with Gasteiger partial charge in [-0.2, -0.15) is 0 Å². The van der Waals surface area contributed by atoms with E-state index in [1.54, 1.807) is 0 Å². The minimum absolute atomic E-state index is 0.0542. The summed E-state index contributed by atoms with van der Waals surface area (Å²) in [4.78, 5) is 1.95. The predicted molar refractivity (Wildman–Crippen MR) is 63.2 cm³/mol. The third-order valence-electron chi connectivity index (χ3n) is 3.89. The third kappa shape index (κ3) is 1.62. The molecule has 0 aromatic heterocycles. The van der Waals surface area contributed by atoms with Crippen molar-refractivity contribution < 1.29 is 8.78 Å². The molecule has 0 saturated carbocycles. The largest absolute Gasteiger partial charge is 0.399 e. The second kappa shape index (κ2) is 3.42. The number of halogens is 2. The lowest BCUT2D eigenvalue weighted by molar-refractivity contribution is -0.0534. The molecule has 17 heavy (non-hydrogen) atoms. The number of nitrogen functional groups attached to an aromatic ring is 1. The summed E-state index contributed by atoms with van der Waals surface area (Å²) in [5, 5.41) is 0. The number of aryl methyl sites for hydroxylation is 1. The van der Waals surface area contributed by atoms with Gasteiger partial charge in [0.1, 0.15) is 0 Å². The Morgan fingerprint density at radius 1 is 1.35 bits per heavy atom. The quantitative estimate of drug-likeness (QED) is 0.703. The first-order valence-electron chi connectivity index (χ1n) is 5.95. The van der Waals surface area contributed by atoms with Crippen LogP contribution in [0.25, 0.3) is 0 Å². The number of nitrogens with zero attached hydrogens (tertiary/aromatic N) is 1. The number of alkyl halides is 2. The normalized spacial score (nSPS) is 26.6. The van der Waals surface area contributed by atoms with Gasteiger partial charge in [-0.3, -0.25) is 0 Å². The lowest BCUT2D eigenvalue weighted by Gasteiger charge is -2.41. The van der Waals surface area contributed by atoms with Crippen molar-refractivity contribution in [3.8, 4) is 0 Å². The van der Waals surface area contributed by atoms with Crippen molar-refractivity contribution in [1.29, 1.82) is 0 Å². The van der Waals surface area contributed by atoms with E-state index in [9.17, 15) is 8.78 Å². The zero-order valence-electron chi connectivity index (χ0n) is 9.84. The molecular formula is C13H16F2N2. The summed E-state index contributed by atoms with van der Waals surface area (Å²) in [5.41, 5.74) is 9.41. The standard InChI is InChI=1S/C13H16F2N2/c1-17-6-9-5-10(16)4-8-2-3-13(14,15)11(7-17)12(8)9/h4-5,11H,2-3,6-7,16H2,1H3/t11-/m0/s1. The number of benzene rings is 1. The van der Waals surface area contributed by atoms with Gasteiger partial charge in [-0.25, -0.2) is 8.78 Å². The number of hydrogen-bond acceptors (Lipinski definition) is 2. The Morgan fingerprint density at radius 2 is 2.06 bits per heavy atom. The van der Waals surface area contributed by atoms with E-state index in [1.165, 1.54) is 0 Å². The van der Waals surface area contributed by atoms with Gasteiger partial charge in [0.05, 0.1) is 5.92 Å². The van der Waals surface area contributed by atoms with Crippen molar-refractivity contribution in [2.45, 2.75) is 31.2 Å². The second-order valence-corrected chi connectivity index (χ2v) is 5.26. The van der Waals surface area contributed by atoms with E-state index in [4.69, 9.17) is 5.73 Å². The zero-order valence-corrected chi connectivity index (χ0v) is 9.84. The van der Waals surface area contributed by atoms with Gasteiger partial charge < -0.3 is 10.6 Å². The van der Waals surface area contributed by atoms with Crippen molar-refractivity contribution >= 4 is 5.69 Å². The smallest absolute Gasteiger partial charge is 0.256 e. The molecule has 0 unspecified atom stereocenters. The highest BCUT2D eigenvalue weighted by Gasteiger charge is 2.47. The second-order valence-electron chi connectivity index (χ2n) is 5.26. The Labute approximate surface area is 99.4 Å². The average Bonchev–Trinajstić information content (AvgIpc) is 2.22. The van der Waals surface area contributed by atoms with Gasteiger partial charge in [0, 0.05) is 25.2 Å². The van der Waals surface area contributed by atoms with E-state index in [0.717, 1.165) is 23.2 Å².